The highest BCUT2D eigenvalue weighted by atomic mass is 79.9. The highest BCUT2D eigenvalue weighted by Crippen LogP contribution is 2.33. The summed E-state index contributed by atoms with van der Waals surface area (Å²) in [4.78, 5) is 4.13. The van der Waals surface area contributed by atoms with E-state index in [1.807, 2.05) is 12.1 Å². The number of nitrogens with two attached hydrogens (primary N) is 1. The van der Waals surface area contributed by atoms with Crippen molar-refractivity contribution < 1.29 is 4.42 Å². The van der Waals surface area contributed by atoms with Crippen molar-refractivity contribution in [1.82, 2.24) is 4.98 Å². The van der Waals surface area contributed by atoms with Crippen molar-refractivity contribution in [3.8, 4) is 0 Å². The van der Waals surface area contributed by atoms with Crippen LogP contribution in [0.4, 0.5) is 6.01 Å². The molecule has 0 saturated heterocycles. The smallest absolute Gasteiger partial charge is 0.292 e. The number of hydrogen-bond acceptors (Lipinski definition) is 3. The van der Waals surface area contributed by atoms with Gasteiger partial charge >= 0.3 is 0 Å². The summed E-state index contributed by atoms with van der Waals surface area (Å²) in [5.41, 5.74) is 8.25. The second-order valence-corrected chi connectivity index (χ2v) is 5.52. The van der Waals surface area contributed by atoms with E-state index in [1.54, 1.807) is 0 Å². The van der Waals surface area contributed by atoms with Gasteiger partial charge in [-0.05, 0) is 17.5 Å². The van der Waals surface area contributed by atoms with Gasteiger partial charge in [-0.3, -0.25) is 0 Å². The second-order valence-electron chi connectivity index (χ2n) is 4.60. The van der Waals surface area contributed by atoms with Crippen molar-refractivity contribution in [2.24, 2.45) is 0 Å². The number of nitrogens with zero attached hydrogens (tertiary/aromatic N) is 1. The zero-order chi connectivity index (χ0) is 11.2. The summed E-state index contributed by atoms with van der Waals surface area (Å²) >= 11 is 3.46. The Morgan fingerprint density at radius 3 is 2.60 bits per heavy atom. The summed E-state index contributed by atoms with van der Waals surface area (Å²) in [6.45, 7) is 6.40. The van der Waals surface area contributed by atoms with Crippen LogP contribution in [0.1, 0.15) is 26.3 Å². The SMILES string of the molecule is CC(C)(C)c1cc(Br)cc2nc(N)oc12. The van der Waals surface area contributed by atoms with E-state index in [1.165, 1.54) is 0 Å². The topological polar surface area (TPSA) is 52.0 Å². The largest absolute Gasteiger partial charge is 0.423 e. The molecule has 0 saturated carbocycles. The molecule has 0 fully saturated rings. The number of benzene rings is 1. The van der Waals surface area contributed by atoms with Gasteiger partial charge < -0.3 is 10.2 Å². The van der Waals surface area contributed by atoms with E-state index in [2.05, 4.69) is 41.7 Å². The van der Waals surface area contributed by atoms with Gasteiger partial charge in [0.15, 0.2) is 5.58 Å². The molecule has 0 spiro atoms. The van der Waals surface area contributed by atoms with Crippen LogP contribution in [0, 0.1) is 0 Å². The number of oxazole rings is 1. The van der Waals surface area contributed by atoms with Gasteiger partial charge in [-0.15, -0.1) is 0 Å². The summed E-state index contributed by atoms with van der Waals surface area (Å²) in [7, 11) is 0. The van der Waals surface area contributed by atoms with Gasteiger partial charge in [0.05, 0.1) is 0 Å². The lowest BCUT2D eigenvalue weighted by molar-refractivity contribution is 0.563. The van der Waals surface area contributed by atoms with E-state index in [0.717, 1.165) is 21.1 Å². The fourth-order valence-electron chi connectivity index (χ4n) is 1.57. The first kappa shape index (κ1) is 10.5. The molecule has 0 amide bonds. The van der Waals surface area contributed by atoms with Crippen molar-refractivity contribution >= 4 is 33.0 Å². The van der Waals surface area contributed by atoms with Gasteiger partial charge in [-0.25, -0.2) is 0 Å². The molecule has 0 aliphatic heterocycles. The fraction of sp³-hybridized carbons (Fsp3) is 0.364. The van der Waals surface area contributed by atoms with Crippen molar-refractivity contribution in [2.75, 3.05) is 5.73 Å². The monoisotopic (exact) mass is 268 g/mol. The number of anilines is 1. The van der Waals surface area contributed by atoms with Crippen LogP contribution in [-0.4, -0.2) is 4.98 Å². The Labute approximate surface area is 96.8 Å². The van der Waals surface area contributed by atoms with Gasteiger partial charge in [0.1, 0.15) is 5.52 Å². The molecule has 1 heterocycles. The van der Waals surface area contributed by atoms with Crippen LogP contribution in [0.2, 0.25) is 0 Å². The third-order valence-electron chi connectivity index (χ3n) is 2.28. The Morgan fingerprint density at radius 2 is 2.00 bits per heavy atom. The average Bonchev–Trinajstić information content (AvgIpc) is 2.41. The van der Waals surface area contributed by atoms with E-state index >= 15 is 0 Å². The minimum atomic E-state index is 0.00794. The maximum absolute atomic E-state index is 5.56. The van der Waals surface area contributed by atoms with Crippen LogP contribution in [0.25, 0.3) is 11.1 Å². The molecule has 15 heavy (non-hydrogen) atoms. The highest BCUT2D eigenvalue weighted by Gasteiger charge is 2.21. The van der Waals surface area contributed by atoms with E-state index in [0.29, 0.717) is 0 Å². The van der Waals surface area contributed by atoms with Crippen LogP contribution in [0.15, 0.2) is 21.0 Å². The van der Waals surface area contributed by atoms with Gasteiger partial charge in [-0.2, -0.15) is 4.98 Å². The van der Waals surface area contributed by atoms with Gasteiger partial charge in [0.25, 0.3) is 6.01 Å². The van der Waals surface area contributed by atoms with Crippen LogP contribution < -0.4 is 5.73 Å². The number of fused-ring (bicyclic) bond motifs is 1. The summed E-state index contributed by atoms with van der Waals surface area (Å²) < 4.78 is 6.42. The number of aromatic nitrogens is 1. The van der Waals surface area contributed by atoms with Crippen LogP contribution in [-0.2, 0) is 5.41 Å². The first-order chi connectivity index (χ1) is 6.88. The minimum absolute atomic E-state index is 0.00794. The van der Waals surface area contributed by atoms with E-state index < -0.39 is 0 Å². The molecule has 3 nitrogen and oxygen atoms in total. The van der Waals surface area contributed by atoms with Crippen LogP contribution >= 0.6 is 15.9 Å². The molecular formula is C11H13BrN2O. The molecule has 2 aromatic rings. The quantitative estimate of drug-likeness (QED) is 0.796. The predicted octanol–water partition coefficient (Wildman–Crippen LogP) is 3.47. The molecule has 0 unspecified atom stereocenters. The first-order valence-electron chi connectivity index (χ1n) is 4.74. The molecule has 1 aromatic heterocycles. The molecule has 2 N–H and O–H groups in total. The third-order valence-corrected chi connectivity index (χ3v) is 2.74. The molecule has 4 heteroatoms. The van der Waals surface area contributed by atoms with Crippen molar-refractivity contribution in [3.05, 3.63) is 22.2 Å². The molecule has 0 aliphatic carbocycles. The maximum atomic E-state index is 5.56. The number of rotatable bonds is 0. The Kier molecular flexibility index (Phi) is 2.26. The summed E-state index contributed by atoms with van der Waals surface area (Å²) in [5, 5.41) is 0. The van der Waals surface area contributed by atoms with Crippen LogP contribution in [0.5, 0.6) is 0 Å². The average molecular weight is 269 g/mol. The van der Waals surface area contributed by atoms with Crippen molar-refractivity contribution in [2.45, 2.75) is 26.2 Å². The number of hydrogen-bond donors (Lipinski definition) is 1. The fourth-order valence-corrected chi connectivity index (χ4v) is 2.02. The Morgan fingerprint density at radius 1 is 1.33 bits per heavy atom. The Hall–Kier alpha value is -1.03. The first-order valence-corrected chi connectivity index (χ1v) is 5.53. The molecule has 0 bridgehead atoms. The molecule has 1 aromatic carbocycles. The summed E-state index contributed by atoms with van der Waals surface area (Å²) in [5.74, 6) is 0. The van der Waals surface area contributed by atoms with Gasteiger partial charge in [0.2, 0.25) is 0 Å². The van der Waals surface area contributed by atoms with Gasteiger partial charge in [-0.1, -0.05) is 36.7 Å². The summed E-state index contributed by atoms with van der Waals surface area (Å²) in [6, 6.07) is 4.17. The molecule has 0 radical (unpaired) electrons. The lowest BCUT2D eigenvalue weighted by Crippen LogP contribution is -2.11. The standard InChI is InChI=1S/C11H13BrN2O/c1-11(2,3)7-4-6(12)5-8-9(7)15-10(13)14-8/h4-5H,1-3H3,(H2,13,14). The lowest BCUT2D eigenvalue weighted by Gasteiger charge is -2.18. The second kappa shape index (κ2) is 3.23. The molecule has 0 atom stereocenters. The zero-order valence-corrected chi connectivity index (χ0v) is 10.6. The summed E-state index contributed by atoms with van der Waals surface area (Å²) in [6.07, 6.45) is 0. The van der Waals surface area contributed by atoms with Crippen molar-refractivity contribution in [1.29, 1.82) is 0 Å². The molecule has 2 rings (SSSR count). The number of halogens is 1. The van der Waals surface area contributed by atoms with E-state index in [4.69, 9.17) is 10.2 Å². The zero-order valence-electron chi connectivity index (χ0n) is 8.97. The molecule has 0 aliphatic rings. The normalized spacial score (nSPS) is 12.3. The van der Waals surface area contributed by atoms with Gasteiger partial charge in [0, 0.05) is 10.0 Å². The van der Waals surface area contributed by atoms with E-state index in [-0.39, 0.29) is 11.4 Å². The highest BCUT2D eigenvalue weighted by molar-refractivity contribution is 9.10. The Balaban J connectivity index is 2.82. The van der Waals surface area contributed by atoms with Crippen LogP contribution in [0.3, 0.4) is 0 Å². The third kappa shape index (κ3) is 1.86. The predicted molar refractivity (Wildman–Crippen MR) is 64.8 cm³/mol. The molecular weight excluding hydrogens is 256 g/mol. The molecule has 80 valence electrons. The number of nitrogen functional groups attached to an aromatic ring is 1. The maximum Gasteiger partial charge on any atom is 0.292 e. The van der Waals surface area contributed by atoms with E-state index in [9.17, 15) is 0 Å². The lowest BCUT2D eigenvalue weighted by atomic mass is 9.86. The minimum Gasteiger partial charge on any atom is -0.423 e. The van der Waals surface area contributed by atoms with Crippen molar-refractivity contribution in [3.63, 3.8) is 0 Å². The Bertz CT molecular complexity index is 511.